The summed E-state index contributed by atoms with van der Waals surface area (Å²) in [5, 5.41) is 8.91. The second-order valence-corrected chi connectivity index (χ2v) is 5.90. The highest BCUT2D eigenvalue weighted by atomic mass is 79.9. The lowest BCUT2D eigenvalue weighted by Crippen LogP contribution is -2.03. The molecule has 0 amide bonds. The first-order valence-corrected chi connectivity index (χ1v) is 7.31. The molecule has 0 N–H and O–H groups in total. The van der Waals surface area contributed by atoms with E-state index in [4.69, 9.17) is 10.00 Å². The van der Waals surface area contributed by atoms with Crippen LogP contribution in [0.25, 0.3) is 0 Å². The van der Waals surface area contributed by atoms with Crippen molar-refractivity contribution in [3.05, 3.63) is 58.1 Å². The van der Waals surface area contributed by atoms with E-state index in [0.29, 0.717) is 11.1 Å². The van der Waals surface area contributed by atoms with Crippen molar-refractivity contribution in [1.82, 2.24) is 0 Å². The largest absolute Gasteiger partial charge is 0.465 e. The highest BCUT2D eigenvalue weighted by molar-refractivity contribution is 9.10. The van der Waals surface area contributed by atoms with Gasteiger partial charge in [-0.3, -0.25) is 0 Å². The summed E-state index contributed by atoms with van der Waals surface area (Å²) in [5.41, 5.74) is 0.838. The van der Waals surface area contributed by atoms with Crippen molar-refractivity contribution in [2.24, 2.45) is 0 Å². The van der Waals surface area contributed by atoms with E-state index in [2.05, 4.69) is 15.9 Å². The molecule has 100 valence electrons. The van der Waals surface area contributed by atoms with Crippen LogP contribution in [0, 0.1) is 11.3 Å². The number of carbonyl (C=O) groups excluding carboxylic acids is 1. The SMILES string of the molecule is COC(=O)c1cc(C#N)ccc1Sc1ccc(Br)cc1. The molecule has 0 aliphatic rings. The van der Waals surface area contributed by atoms with Crippen molar-refractivity contribution in [3.63, 3.8) is 0 Å². The van der Waals surface area contributed by atoms with E-state index in [9.17, 15) is 4.79 Å². The number of rotatable bonds is 3. The number of hydrogen-bond acceptors (Lipinski definition) is 4. The normalized spacial score (nSPS) is 9.85. The molecule has 0 unspecified atom stereocenters. The standard InChI is InChI=1S/C15H10BrNO2S/c1-19-15(18)13-8-10(9-17)2-7-14(13)20-12-5-3-11(16)4-6-12/h2-8H,1H3. The highest BCUT2D eigenvalue weighted by Crippen LogP contribution is 2.32. The van der Waals surface area contributed by atoms with Gasteiger partial charge in [0.15, 0.2) is 0 Å². The summed E-state index contributed by atoms with van der Waals surface area (Å²) in [4.78, 5) is 13.6. The number of ether oxygens (including phenoxy) is 1. The van der Waals surface area contributed by atoms with Crippen LogP contribution < -0.4 is 0 Å². The van der Waals surface area contributed by atoms with Crippen molar-refractivity contribution in [2.45, 2.75) is 9.79 Å². The van der Waals surface area contributed by atoms with Crippen LogP contribution in [0.15, 0.2) is 56.7 Å². The Labute approximate surface area is 129 Å². The number of nitriles is 1. The summed E-state index contributed by atoms with van der Waals surface area (Å²) >= 11 is 4.83. The van der Waals surface area contributed by atoms with Crippen molar-refractivity contribution in [1.29, 1.82) is 5.26 Å². The van der Waals surface area contributed by atoms with Gasteiger partial charge in [-0.25, -0.2) is 4.79 Å². The Balaban J connectivity index is 2.38. The fraction of sp³-hybridized carbons (Fsp3) is 0.0667. The van der Waals surface area contributed by atoms with Gasteiger partial charge in [-0.05, 0) is 42.5 Å². The smallest absolute Gasteiger partial charge is 0.339 e. The molecule has 0 aromatic heterocycles. The molecule has 2 rings (SSSR count). The van der Waals surface area contributed by atoms with Gasteiger partial charge < -0.3 is 4.74 Å². The van der Waals surface area contributed by atoms with Gasteiger partial charge in [0.2, 0.25) is 0 Å². The third-order valence-electron chi connectivity index (χ3n) is 2.56. The molecule has 5 heteroatoms. The van der Waals surface area contributed by atoms with E-state index < -0.39 is 5.97 Å². The average molecular weight is 348 g/mol. The first-order chi connectivity index (χ1) is 9.63. The number of hydrogen-bond donors (Lipinski definition) is 0. The third-order valence-corrected chi connectivity index (χ3v) is 4.17. The Kier molecular flexibility index (Phi) is 4.83. The molecule has 2 aromatic rings. The van der Waals surface area contributed by atoms with Crippen LogP contribution in [-0.4, -0.2) is 13.1 Å². The van der Waals surface area contributed by atoms with Crippen LogP contribution in [0.2, 0.25) is 0 Å². The van der Waals surface area contributed by atoms with Crippen molar-refractivity contribution < 1.29 is 9.53 Å². The van der Waals surface area contributed by atoms with Gasteiger partial charge >= 0.3 is 5.97 Å². The molecule has 0 spiro atoms. The Morgan fingerprint density at radius 1 is 1.25 bits per heavy atom. The molecule has 0 heterocycles. The molecular weight excluding hydrogens is 338 g/mol. The summed E-state index contributed by atoms with van der Waals surface area (Å²) in [7, 11) is 1.33. The lowest BCUT2D eigenvalue weighted by Gasteiger charge is -2.08. The molecule has 0 saturated carbocycles. The highest BCUT2D eigenvalue weighted by Gasteiger charge is 2.14. The number of carbonyl (C=O) groups is 1. The minimum Gasteiger partial charge on any atom is -0.465 e. The topological polar surface area (TPSA) is 50.1 Å². The lowest BCUT2D eigenvalue weighted by atomic mass is 10.1. The Bertz CT molecular complexity index is 677. The van der Waals surface area contributed by atoms with Gasteiger partial charge in [0.25, 0.3) is 0 Å². The van der Waals surface area contributed by atoms with Crippen molar-refractivity contribution in [3.8, 4) is 6.07 Å². The van der Waals surface area contributed by atoms with Gasteiger partial charge in [-0.1, -0.05) is 27.7 Å². The molecule has 3 nitrogen and oxygen atoms in total. The second kappa shape index (κ2) is 6.60. The zero-order valence-electron chi connectivity index (χ0n) is 10.6. The molecule has 0 aliphatic heterocycles. The lowest BCUT2D eigenvalue weighted by molar-refractivity contribution is 0.0596. The van der Waals surface area contributed by atoms with Gasteiger partial charge in [0, 0.05) is 14.3 Å². The fourth-order valence-corrected chi connectivity index (χ4v) is 2.77. The molecule has 0 atom stereocenters. The summed E-state index contributed by atoms with van der Waals surface area (Å²) < 4.78 is 5.76. The van der Waals surface area contributed by atoms with Crippen LogP contribution in [-0.2, 0) is 4.74 Å². The van der Waals surface area contributed by atoms with Gasteiger partial charge in [0.1, 0.15) is 0 Å². The number of methoxy groups -OCH3 is 1. The van der Waals surface area contributed by atoms with Gasteiger partial charge in [0.05, 0.1) is 24.3 Å². The minimum atomic E-state index is -0.443. The predicted molar refractivity (Wildman–Crippen MR) is 80.8 cm³/mol. The summed E-state index contributed by atoms with van der Waals surface area (Å²) in [5.74, 6) is -0.443. The van der Waals surface area contributed by atoms with Crippen LogP contribution in [0.5, 0.6) is 0 Å². The third kappa shape index (κ3) is 3.41. The molecule has 0 saturated heterocycles. The number of esters is 1. The molecule has 2 aromatic carbocycles. The summed E-state index contributed by atoms with van der Waals surface area (Å²) in [6.07, 6.45) is 0. The van der Waals surface area contributed by atoms with E-state index in [1.54, 1.807) is 18.2 Å². The van der Waals surface area contributed by atoms with Crippen LogP contribution in [0.4, 0.5) is 0 Å². The molecular formula is C15H10BrNO2S. The number of halogens is 1. The summed E-state index contributed by atoms with van der Waals surface area (Å²) in [6, 6.07) is 14.8. The zero-order chi connectivity index (χ0) is 14.5. The Morgan fingerprint density at radius 3 is 2.55 bits per heavy atom. The van der Waals surface area contributed by atoms with Gasteiger partial charge in [-0.2, -0.15) is 5.26 Å². The van der Waals surface area contributed by atoms with Crippen LogP contribution >= 0.6 is 27.7 Å². The Hall–Kier alpha value is -1.77. The van der Waals surface area contributed by atoms with Gasteiger partial charge in [-0.15, -0.1) is 0 Å². The van der Waals surface area contributed by atoms with E-state index in [0.717, 1.165) is 14.3 Å². The summed E-state index contributed by atoms with van der Waals surface area (Å²) in [6.45, 7) is 0. The van der Waals surface area contributed by atoms with E-state index >= 15 is 0 Å². The van der Waals surface area contributed by atoms with E-state index in [-0.39, 0.29) is 0 Å². The predicted octanol–water partition coefficient (Wildman–Crippen LogP) is 4.26. The van der Waals surface area contributed by atoms with Crippen LogP contribution in [0.3, 0.4) is 0 Å². The van der Waals surface area contributed by atoms with E-state index in [1.165, 1.54) is 18.9 Å². The van der Waals surface area contributed by atoms with Crippen molar-refractivity contribution in [2.75, 3.05) is 7.11 Å². The minimum absolute atomic E-state index is 0.402. The zero-order valence-corrected chi connectivity index (χ0v) is 13.0. The maximum absolute atomic E-state index is 11.8. The quantitative estimate of drug-likeness (QED) is 0.778. The molecule has 0 aliphatic carbocycles. The average Bonchev–Trinajstić information content (AvgIpc) is 2.49. The van der Waals surface area contributed by atoms with E-state index in [1.807, 2.05) is 30.3 Å². The Morgan fingerprint density at radius 2 is 1.95 bits per heavy atom. The first-order valence-electron chi connectivity index (χ1n) is 5.70. The maximum Gasteiger partial charge on any atom is 0.339 e. The molecule has 0 radical (unpaired) electrons. The molecule has 0 fully saturated rings. The molecule has 0 bridgehead atoms. The fourth-order valence-electron chi connectivity index (χ4n) is 1.59. The van der Waals surface area contributed by atoms with Crippen molar-refractivity contribution >= 4 is 33.7 Å². The maximum atomic E-state index is 11.8. The number of benzene rings is 2. The van der Waals surface area contributed by atoms with Crippen LogP contribution in [0.1, 0.15) is 15.9 Å². The number of nitrogens with zero attached hydrogens (tertiary/aromatic N) is 1. The second-order valence-electron chi connectivity index (χ2n) is 3.87. The molecule has 20 heavy (non-hydrogen) atoms. The monoisotopic (exact) mass is 347 g/mol. The first kappa shape index (κ1) is 14.6.